The molecule has 2 fully saturated rings. The number of aromatic amines is 1. The number of imide groups is 1. The summed E-state index contributed by atoms with van der Waals surface area (Å²) < 4.78 is 5.40. The number of hydrogen-bond donors (Lipinski definition) is 2. The van der Waals surface area contributed by atoms with Gasteiger partial charge in [0.15, 0.2) is 0 Å². The number of nitrogens with zero attached hydrogens (tertiary/aromatic N) is 3. The number of para-hydroxylation sites is 2. The van der Waals surface area contributed by atoms with Crippen LogP contribution in [0.5, 0.6) is 0 Å². The molecule has 0 spiro atoms. The van der Waals surface area contributed by atoms with Crippen molar-refractivity contribution >= 4 is 34.4 Å². The predicted molar refractivity (Wildman–Crippen MR) is 160 cm³/mol. The molecule has 0 aliphatic carbocycles. The van der Waals surface area contributed by atoms with Crippen molar-refractivity contribution in [2.45, 2.75) is 25.4 Å². The van der Waals surface area contributed by atoms with Gasteiger partial charge in [0.25, 0.3) is 11.8 Å². The number of aromatic nitrogens is 1. The normalized spacial score (nSPS) is 20.6. The summed E-state index contributed by atoms with van der Waals surface area (Å²) in [5.74, 6) is -0.626. The van der Waals surface area contributed by atoms with Crippen LogP contribution in [0.25, 0.3) is 10.9 Å². The lowest BCUT2D eigenvalue weighted by Crippen LogP contribution is -2.44. The highest BCUT2D eigenvalue weighted by Crippen LogP contribution is 2.45. The maximum absolute atomic E-state index is 14.3. The highest BCUT2D eigenvalue weighted by molar-refractivity contribution is 6.24. The number of carbonyl (C=O) groups excluding carboxylic acids is 3. The third-order valence-electron chi connectivity index (χ3n) is 8.74. The van der Waals surface area contributed by atoms with Crippen LogP contribution in [0.4, 0.5) is 10.5 Å². The standard InChI is InChI=1S/C33H33N5O4/c1-21-8-2-3-9-22(21)30-29-25(23-10-4-6-12-26(23)35-29)20-28-32(40)38(33(41)37(28)30)27-13-7-5-11-24(27)31(39)34-14-15-36-16-18-42-19-17-36/h2-13,28,30,35H,14-20H2,1H3,(H,34,39)/t28-,30?/m0/s1. The molecule has 4 heterocycles. The van der Waals surface area contributed by atoms with Gasteiger partial charge in [0.2, 0.25) is 0 Å². The number of ether oxygens (including phenoxy) is 1. The number of H-pyrrole nitrogens is 1. The average Bonchev–Trinajstić information content (AvgIpc) is 3.51. The fraction of sp³-hybridized carbons (Fsp3) is 0.303. The summed E-state index contributed by atoms with van der Waals surface area (Å²) in [6.07, 6.45) is 0.400. The van der Waals surface area contributed by atoms with Gasteiger partial charge in [0.1, 0.15) is 12.1 Å². The first-order chi connectivity index (χ1) is 20.5. The molecule has 3 aliphatic heterocycles. The van der Waals surface area contributed by atoms with Crippen LogP contribution in [0.1, 0.15) is 38.8 Å². The van der Waals surface area contributed by atoms with Crippen LogP contribution < -0.4 is 10.2 Å². The van der Waals surface area contributed by atoms with E-state index in [1.54, 1.807) is 29.2 Å². The Labute approximate surface area is 244 Å². The summed E-state index contributed by atoms with van der Waals surface area (Å²) in [7, 11) is 0. The average molecular weight is 564 g/mol. The minimum absolute atomic E-state index is 0.303. The Morgan fingerprint density at radius 1 is 0.976 bits per heavy atom. The summed E-state index contributed by atoms with van der Waals surface area (Å²) in [5, 5.41) is 4.05. The second-order valence-electron chi connectivity index (χ2n) is 11.1. The molecular formula is C33H33N5O4. The zero-order valence-electron chi connectivity index (χ0n) is 23.5. The van der Waals surface area contributed by atoms with Gasteiger partial charge in [-0.2, -0.15) is 0 Å². The van der Waals surface area contributed by atoms with Gasteiger partial charge >= 0.3 is 6.03 Å². The second kappa shape index (κ2) is 10.7. The van der Waals surface area contributed by atoms with E-state index in [9.17, 15) is 14.4 Å². The van der Waals surface area contributed by atoms with Gasteiger partial charge in [0, 0.05) is 49.2 Å². The first kappa shape index (κ1) is 26.4. The highest BCUT2D eigenvalue weighted by Gasteiger charge is 2.53. The van der Waals surface area contributed by atoms with Crippen LogP contribution in [-0.2, 0) is 16.0 Å². The van der Waals surface area contributed by atoms with E-state index >= 15 is 0 Å². The number of fused-ring (bicyclic) bond motifs is 4. The van der Waals surface area contributed by atoms with Crippen LogP contribution in [0.15, 0.2) is 72.8 Å². The van der Waals surface area contributed by atoms with E-state index < -0.39 is 18.1 Å². The van der Waals surface area contributed by atoms with Gasteiger partial charge in [-0.05, 0) is 41.8 Å². The molecule has 0 bridgehead atoms. The van der Waals surface area contributed by atoms with Crippen LogP contribution >= 0.6 is 0 Å². The van der Waals surface area contributed by atoms with Gasteiger partial charge in [-0.15, -0.1) is 0 Å². The molecule has 2 N–H and O–H groups in total. The first-order valence-corrected chi connectivity index (χ1v) is 14.5. The number of urea groups is 1. The molecule has 1 unspecified atom stereocenters. The number of aryl methyl sites for hydroxylation is 1. The minimum Gasteiger partial charge on any atom is -0.379 e. The number of amides is 4. The van der Waals surface area contributed by atoms with E-state index in [0.29, 0.717) is 44.0 Å². The number of hydrogen-bond acceptors (Lipinski definition) is 5. The maximum atomic E-state index is 14.3. The number of morpholine rings is 1. The quantitative estimate of drug-likeness (QED) is 0.346. The topological polar surface area (TPSA) is 98.0 Å². The third kappa shape index (κ3) is 4.36. The molecule has 2 saturated heterocycles. The molecule has 214 valence electrons. The van der Waals surface area contributed by atoms with Gasteiger partial charge in [-0.3, -0.25) is 19.4 Å². The first-order valence-electron chi connectivity index (χ1n) is 14.5. The summed E-state index contributed by atoms with van der Waals surface area (Å²) >= 11 is 0. The molecule has 0 radical (unpaired) electrons. The molecule has 1 aromatic heterocycles. The van der Waals surface area contributed by atoms with E-state index in [1.807, 2.05) is 49.4 Å². The SMILES string of the molecule is Cc1ccccc1C1c2[nH]c3ccccc3c2C[C@H]2C(=O)N(c3ccccc3C(=O)NCCN3CCOCC3)C(=O)N12. The second-order valence-corrected chi connectivity index (χ2v) is 11.1. The summed E-state index contributed by atoms with van der Waals surface area (Å²) in [4.78, 5) is 50.6. The Morgan fingerprint density at radius 2 is 1.71 bits per heavy atom. The Morgan fingerprint density at radius 3 is 2.55 bits per heavy atom. The van der Waals surface area contributed by atoms with E-state index in [2.05, 4.69) is 21.3 Å². The van der Waals surface area contributed by atoms with Crippen molar-refractivity contribution in [1.82, 2.24) is 20.1 Å². The lowest BCUT2D eigenvalue weighted by molar-refractivity contribution is -0.120. The molecule has 2 atom stereocenters. The summed E-state index contributed by atoms with van der Waals surface area (Å²) in [6, 6.07) is 21.3. The molecule has 4 amide bonds. The monoisotopic (exact) mass is 563 g/mol. The van der Waals surface area contributed by atoms with E-state index in [-0.39, 0.29) is 11.8 Å². The van der Waals surface area contributed by atoms with E-state index in [4.69, 9.17) is 4.74 Å². The van der Waals surface area contributed by atoms with E-state index in [1.165, 1.54) is 4.90 Å². The molecule has 0 saturated carbocycles. The van der Waals surface area contributed by atoms with Crippen molar-refractivity contribution in [3.8, 4) is 0 Å². The maximum Gasteiger partial charge on any atom is 0.332 e. The molecule has 9 nitrogen and oxygen atoms in total. The van der Waals surface area contributed by atoms with Gasteiger partial charge < -0.3 is 15.0 Å². The summed E-state index contributed by atoms with van der Waals surface area (Å²) in [5.41, 5.74) is 5.58. The molecular weight excluding hydrogens is 530 g/mol. The lowest BCUT2D eigenvalue weighted by Gasteiger charge is -2.36. The molecule has 42 heavy (non-hydrogen) atoms. The van der Waals surface area contributed by atoms with E-state index in [0.717, 1.165) is 46.4 Å². The molecule has 9 heteroatoms. The van der Waals surface area contributed by atoms with Crippen LogP contribution in [0.2, 0.25) is 0 Å². The van der Waals surface area contributed by atoms with Crippen molar-refractivity contribution in [2.24, 2.45) is 0 Å². The molecule has 3 aliphatic rings. The number of nitrogens with one attached hydrogen (secondary N) is 2. The Hall–Kier alpha value is -4.47. The van der Waals surface area contributed by atoms with Crippen molar-refractivity contribution < 1.29 is 19.1 Å². The largest absolute Gasteiger partial charge is 0.379 e. The minimum atomic E-state index is -0.689. The fourth-order valence-electron chi connectivity index (χ4n) is 6.62. The zero-order chi connectivity index (χ0) is 28.8. The summed E-state index contributed by atoms with van der Waals surface area (Å²) in [6.45, 7) is 6.24. The Bertz CT molecular complexity index is 1690. The Balaban J connectivity index is 1.24. The van der Waals surface area contributed by atoms with Crippen molar-refractivity contribution in [3.05, 3.63) is 101 Å². The van der Waals surface area contributed by atoms with Crippen molar-refractivity contribution in [2.75, 3.05) is 44.3 Å². The fourth-order valence-corrected chi connectivity index (χ4v) is 6.62. The lowest BCUT2D eigenvalue weighted by atomic mass is 9.87. The van der Waals surface area contributed by atoms with Gasteiger partial charge in [-0.25, -0.2) is 9.69 Å². The Kier molecular flexibility index (Phi) is 6.76. The third-order valence-corrected chi connectivity index (χ3v) is 8.74. The number of carbonyl (C=O) groups is 3. The molecule has 4 aromatic rings. The van der Waals surface area contributed by atoms with Gasteiger partial charge in [0.05, 0.1) is 24.5 Å². The van der Waals surface area contributed by atoms with Gasteiger partial charge in [-0.1, -0.05) is 54.6 Å². The number of anilines is 1. The van der Waals surface area contributed by atoms with Crippen LogP contribution in [-0.4, -0.2) is 78.1 Å². The van der Waals surface area contributed by atoms with Crippen LogP contribution in [0, 0.1) is 6.92 Å². The predicted octanol–water partition coefficient (Wildman–Crippen LogP) is 4.02. The van der Waals surface area contributed by atoms with Crippen LogP contribution in [0.3, 0.4) is 0 Å². The van der Waals surface area contributed by atoms with Crippen molar-refractivity contribution in [1.29, 1.82) is 0 Å². The number of rotatable bonds is 6. The number of benzene rings is 3. The molecule has 7 rings (SSSR count). The van der Waals surface area contributed by atoms with Crippen molar-refractivity contribution in [3.63, 3.8) is 0 Å². The molecule has 3 aromatic carbocycles. The highest BCUT2D eigenvalue weighted by atomic mass is 16.5. The zero-order valence-corrected chi connectivity index (χ0v) is 23.5. The smallest absolute Gasteiger partial charge is 0.332 e.